The Bertz CT molecular complexity index is 484. The lowest BCUT2D eigenvalue weighted by Gasteiger charge is -2.08. The molecule has 0 aliphatic rings. The Balaban J connectivity index is 2.57. The Hall–Kier alpha value is -2.32. The van der Waals surface area contributed by atoms with Gasteiger partial charge in [-0.25, -0.2) is 4.68 Å². The lowest BCUT2D eigenvalue weighted by Crippen LogP contribution is -2.39. The number of nitrogens with zero attached hydrogens (tertiary/aromatic N) is 4. The highest BCUT2D eigenvalue weighted by atomic mass is 16.4. The second kappa shape index (κ2) is 6.57. The number of carbonyl (C=O) groups excluding carboxylic acids is 2. The van der Waals surface area contributed by atoms with Crippen molar-refractivity contribution in [2.45, 2.75) is 39.3 Å². The fraction of sp³-hybridized carbons (Fsp3) is 0.600. The number of hydrogen-bond acceptors (Lipinski definition) is 6. The van der Waals surface area contributed by atoms with Gasteiger partial charge < -0.3 is 10.4 Å². The first-order valence-corrected chi connectivity index (χ1v) is 5.66. The lowest BCUT2D eigenvalue weighted by molar-refractivity contribution is -0.141. The van der Waals surface area contributed by atoms with E-state index < -0.39 is 17.9 Å². The molecule has 0 saturated heterocycles. The van der Waals surface area contributed by atoms with Crippen LogP contribution >= 0.6 is 0 Å². The summed E-state index contributed by atoms with van der Waals surface area (Å²) in [6.07, 6.45) is 0.133. The zero-order chi connectivity index (χ0) is 14.4. The van der Waals surface area contributed by atoms with Crippen LogP contribution < -0.4 is 5.32 Å². The van der Waals surface area contributed by atoms with E-state index in [1.165, 1.54) is 18.5 Å². The van der Waals surface area contributed by atoms with E-state index in [1.807, 2.05) is 0 Å². The van der Waals surface area contributed by atoms with Crippen LogP contribution in [0.1, 0.15) is 26.1 Å². The topological polar surface area (TPSA) is 127 Å². The van der Waals surface area contributed by atoms with Crippen molar-refractivity contribution in [3.05, 3.63) is 5.82 Å². The van der Waals surface area contributed by atoms with Crippen molar-refractivity contribution in [2.75, 3.05) is 0 Å². The minimum absolute atomic E-state index is 0.00889. The number of aromatic nitrogens is 4. The van der Waals surface area contributed by atoms with Crippen LogP contribution in [0.15, 0.2) is 0 Å². The number of carboxylic acid groups (broad SMARTS) is 1. The molecule has 0 aliphatic carbocycles. The molecule has 0 saturated carbocycles. The third-order valence-electron chi connectivity index (χ3n) is 2.35. The fourth-order valence-electron chi connectivity index (χ4n) is 1.28. The van der Waals surface area contributed by atoms with E-state index in [-0.39, 0.29) is 24.4 Å². The van der Waals surface area contributed by atoms with Gasteiger partial charge in [0.15, 0.2) is 5.82 Å². The highest BCUT2D eigenvalue weighted by Crippen LogP contribution is 1.97. The molecule has 1 rings (SSSR count). The van der Waals surface area contributed by atoms with Crippen LogP contribution in [0.5, 0.6) is 0 Å². The largest absolute Gasteiger partial charge is 0.480 e. The zero-order valence-corrected chi connectivity index (χ0v) is 10.7. The van der Waals surface area contributed by atoms with Gasteiger partial charge in [-0.05, 0) is 24.3 Å². The van der Waals surface area contributed by atoms with E-state index in [9.17, 15) is 14.4 Å². The molecule has 9 nitrogen and oxygen atoms in total. The zero-order valence-electron chi connectivity index (χ0n) is 10.7. The van der Waals surface area contributed by atoms with E-state index in [0.29, 0.717) is 6.54 Å². The number of carbonyl (C=O) groups is 3. The first-order valence-electron chi connectivity index (χ1n) is 5.66. The highest BCUT2D eigenvalue weighted by Gasteiger charge is 2.17. The highest BCUT2D eigenvalue weighted by molar-refractivity contribution is 5.84. The minimum Gasteiger partial charge on any atom is -0.480 e. The van der Waals surface area contributed by atoms with Crippen molar-refractivity contribution in [1.82, 2.24) is 25.5 Å². The smallest absolute Gasteiger partial charge is 0.325 e. The lowest BCUT2D eigenvalue weighted by atomic mass is 10.3. The number of aryl methyl sites for hydroxylation is 1. The van der Waals surface area contributed by atoms with E-state index in [1.54, 1.807) is 0 Å². The minimum atomic E-state index is -1.12. The number of hydrogen-bond donors (Lipinski definition) is 2. The fourth-order valence-corrected chi connectivity index (χ4v) is 1.28. The van der Waals surface area contributed by atoms with Crippen molar-refractivity contribution < 1.29 is 19.5 Å². The Labute approximate surface area is 109 Å². The van der Waals surface area contributed by atoms with Gasteiger partial charge in [0.05, 0.1) is 13.0 Å². The van der Waals surface area contributed by atoms with Gasteiger partial charge in [-0.1, -0.05) is 0 Å². The summed E-state index contributed by atoms with van der Waals surface area (Å²) in [5.74, 6) is -1.33. The molecule has 1 amide bonds. The maximum atomic E-state index is 11.6. The molecule has 0 bridgehead atoms. The van der Waals surface area contributed by atoms with Crippen molar-refractivity contribution in [2.24, 2.45) is 0 Å². The number of nitrogens with one attached hydrogen (secondary N) is 1. The molecule has 1 unspecified atom stereocenters. The van der Waals surface area contributed by atoms with Crippen LogP contribution in [-0.4, -0.2) is 49.0 Å². The molecule has 19 heavy (non-hydrogen) atoms. The van der Waals surface area contributed by atoms with Crippen molar-refractivity contribution in [3.8, 4) is 0 Å². The van der Waals surface area contributed by atoms with E-state index in [2.05, 4.69) is 20.8 Å². The van der Waals surface area contributed by atoms with Gasteiger partial charge in [-0.2, -0.15) is 0 Å². The number of carboxylic acids is 1. The molecular formula is C10H15N5O4. The predicted molar refractivity (Wildman–Crippen MR) is 62.1 cm³/mol. The first kappa shape index (κ1) is 14.7. The molecule has 104 valence electrons. The van der Waals surface area contributed by atoms with Crippen molar-refractivity contribution in [3.63, 3.8) is 0 Å². The second-order valence-electron chi connectivity index (χ2n) is 4.07. The van der Waals surface area contributed by atoms with Crippen LogP contribution in [0.4, 0.5) is 0 Å². The van der Waals surface area contributed by atoms with Crippen LogP contribution in [0.2, 0.25) is 0 Å². The average Bonchev–Trinajstić information content (AvgIpc) is 2.73. The molecule has 1 heterocycles. The van der Waals surface area contributed by atoms with Gasteiger partial charge in [-0.3, -0.25) is 14.4 Å². The summed E-state index contributed by atoms with van der Waals surface area (Å²) in [5, 5.41) is 21.7. The Morgan fingerprint density at radius 3 is 2.68 bits per heavy atom. The Kier molecular flexibility index (Phi) is 5.10. The van der Waals surface area contributed by atoms with Crippen LogP contribution in [0.25, 0.3) is 0 Å². The number of rotatable bonds is 7. The quantitative estimate of drug-likeness (QED) is 0.635. The summed E-state index contributed by atoms with van der Waals surface area (Å²) in [6.45, 7) is 3.10. The molecule has 0 aliphatic heterocycles. The van der Waals surface area contributed by atoms with Gasteiger partial charge in [0.25, 0.3) is 0 Å². The predicted octanol–water partition coefficient (Wildman–Crippen LogP) is -1.22. The van der Waals surface area contributed by atoms with Gasteiger partial charge in [0.1, 0.15) is 11.8 Å². The summed E-state index contributed by atoms with van der Waals surface area (Å²) in [6, 6.07) is -0.978. The SMILES string of the molecule is CC(=O)CCn1nnnc1CC(=O)NC(C)C(=O)O. The molecule has 0 aromatic carbocycles. The van der Waals surface area contributed by atoms with Crippen LogP contribution in [0, 0.1) is 0 Å². The number of ketones is 1. The third-order valence-corrected chi connectivity index (χ3v) is 2.35. The molecular weight excluding hydrogens is 254 g/mol. The van der Waals surface area contributed by atoms with E-state index in [4.69, 9.17) is 5.11 Å². The monoisotopic (exact) mass is 269 g/mol. The molecule has 1 aromatic heterocycles. The number of amides is 1. The first-order chi connectivity index (χ1) is 8.90. The average molecular weight is 269 g/mol. The van der Waals surface area contributed by atoms with Crippen molar-refractivity contribution >= 4 is 17.7 Å². The van der Waals surface area contributed by atoms with Crippen LogP contribution in [-0.2, 0) is 27.3 Å². The van der Waals surface area contributed by atoms with Gasteiger partial charge in [-0.15, -0.1) is 5.10 Å². The van der Waals surface area contributed by atoms with E-state index in [0.717, 1.165) is 0 Å². The maximum absolute atomic E-state index is 11.6. The molecule has 0 fully saturated rings. The second-order valence-corrected chi connectivity index (χ2v) is 4.07. The Morgan fingerprint density at radius 2 is 2.11 bits per heavy atom. The maximum Gasteiger partial charge on any atom is 0.325 e. The number of tetrazole rings is 1. The normalized spacial score (nSPS) is 11.9. The summed E-state index contributed by atoms with van der Waals surface area (Å²) in [5.41, 5.74) is 0. The summed E-state index contributed by atoms with van der Waals surface area (Å²) in [4.78, 5) is 33.0. The Morgan fingerprint density at radius 1 is 1.42 bits per heavy atom. The third kappa shape index (κ3) is 4.82. The molecule has 1 aromatic rings. The molecule has 0 spiro atoms. The molecule has 0 radical (unpaired) electrons. The number of aliphatic carboxylic acids is 1. The number of Topliss-reactive ketones (excluding diaryl/α,β-unsaturated/α-hetero) is 1. The standard InChI is InChI=1S/C10H15N5O4/c1-6(16)3-4-15-8(12-13-14-15)5-9(17)11-7(2)10(18)19/h7H,3-5H2,1-2H3,(H,11,17)(H,18,19). The van der Waals surface area contributed by atoms with Crippen molar-refractivity contribution in [1.29, 1.82) is 0 Å². The van der Waals surface area contributed by atoms with Gasteiger partial charge in [0, 0.05) is 6.42 Å². The molecule has 1 atom stereocenters. The van der Waals surface area contributed by atoms with E-state index >= 15 is 0 Å². The van der Waals surface area contributed by atoms with Gasteiger partial charge >= 0.3 is 5.97 Å². The summed E-state index contributed by atoms with van der Waals surface area (Å²) in [7, 11) is 0. The summed E-state index contributed by atoms with van der Waals surface area (Å²) < 4.78 is 1.35. The van der Waals surface area contributed by atoms with Crippen LogP contribution in [0.3, 0.4) is 0 Å². The summed E-state index contributed by atoms with van der Waals surface area (Å²) >= 11 is 0. The van der Waals surface area contributed by atoms with Gasteiger partial charge in [0.2, 0.25) is 5.91 Å². The molecule has 9 heteroatoms. The molecule has 2 N–H and O–H groups in total.